The zero-order valence-electron chi connectivity index (χ0n) is 12.2. The lowest BCUT2D eigenvalue weighted by Gasteiger charge is -2.23. The van der Waals surface area contributed by atoms with Crippen LogP contribution in [0.3, 0.4) is 0 Å². The number of ether oxygens (including phenoxy) is 1. The van der Waals surface area contributed by atoms with E-state index >= 15 is 0 Å². The summed E-state index contributed by atoms with van der Waals surface area (Å²) in [5.41, 5.74) is 0. The molecule has 0 N–H and O–H groups in total. The average molecular weight is 379 g/mol. The Labute approximate surface area is 133 Å². The van der Waals surface area contributed by atoms with Crippen LogP contribution in [-0.2, 0) is 19.6 Å². The van der Waals surface area contributed by atoms with Crippen LogP contribution in [0.2, 0.25) is 0 Å². The summed E-state index contributed by atoms with van der Waals surface area (Å²) >= 11 is 3.21. The topological polar surface area (TPSA) is 76.6 Å². The van der Waals surface area contributed by atoms with Gasteiger partial charge in [0, 0.05) is 30.0 Å². The lowest BCUT2D eigenvalue weighted by atomic mass is 10.2. The van der Waals surface area contributed by atoms with E-state index in [2.05, 4.69) is 25.7 Å². The number of pyridine rings is 1. The van der Waals surface area contributed by atoms with Crippen LogP contribution in [-0.4, -0.2) is 43.9 Å². The predicted molar refractivity (Wildman–Crippen MR) is 82.2 cm³/mol. The van der Waals surface area contributed by atoms with Gasteiger partial charge in [-0.1, -0.05) is 13.8 Å². The predicted octanol–water partition coefficient (Wildman–Crippen LogP) is 2.05. The Morgan fingerprint density at radius 2 is 2.10 bits per heavy atom. The molecule has 0 spiro atoms. The molecule has 0 radical (unpaired) electrons. The molecule has 6 nitrogen and oxygen atoms in total. The van der Waals surface area contributed by atoms with Gasteiger partial charge in [-0.05, 0) is 27.9 Å². The maximum Gasteiger partial charge on any atom is 0.306 e. The molecule has 1 aromatic heterocycles. The van der Waals surface area contributed by atoms with E-state index in [1.807, 2.05) is 13.8 Å². The van der Waals surface area contributed by atoms with Gasteiger partial charge in [0.15, 0.2) is 0 Å². The molecule has 0 atom stereocenters. The van der Waals surface area contributed by atoms with Crippen LogP contribution in [0.4, 0.5) is 0 Å². The third-order valence-corrected chi connectivity index (χ3v) is 4.94. The third kappa shape index (κ3) is 5.37. The molecule has 1 rings (SSSR count). The van der Waals surface area contributed by atoms with Crippen LogP contribution < -0.4 is 0 Å². The Morgan fingerprint density at radius 1 is 1.43 bits per heavy atom. The second kappa shape index (κ2) is 7.86. The standard InChI is InChI=1S/C13H19BrN2O4S/c1-10(2)9-16(5-4-13(17)20-3)21(18,19)12-6-11(14)7-15-8-12/h6-8,10H,4-5,9H2,1-3H3. The minimum Gasteiger partial charge on any atom is -0.469 e. The summed E-state index contributed by atoms with van der Waals surface area (Å²) in [6.07, 6.45) is 2.83. The zero-order valence-corrected chi connectivity index (χ0v) is 14.6. The Bertz CT molecular complexity index is 590. The average Bonchev–Trinajstić information content (AvgIpc) is 2.42. The zero-order chi connectivity index (χ0) is 16.0. The Morgan fingerprint density at radius 3 is 2.62 bits per heavy atom. The van der Waals surface area contributed by atoms with E-state index in [1.165, 1.54) is 29.9 Å². The highest BCUT2D eigenvalue weighted by Crippen LogP contribution is 2.20. The van der Waals surface area contributed by atoms with E-state index in [-0.39, 0.29) is 23.8 Å². The van der Waals surface area contributed by atoms with E-state index in [1.54, 1.807) is 0 Å². The van der Waals surface area contributed by atoms with Crippen molar-refractivity contribution in [1.29, 1.82) is 0 Å². The lowest BCUT2D eigenvalue weighted by Crippen LogP contribution is -2.36. The molecule has 0 amide bonds. The molecule has 0 fully saturated rings. The smallest absolute Gasteiger partial charge is 0.306 e. The van der Waals surface area contributed by atoms with Crippen LogP contribution in [0.5, 0.6) is 0 Å². The van der Waals surface area contributed by atoms with Gasteiger partial charge < -0.3 is 4.74 Å². The maximum absolute atomic E-state index is 12.6. The second-order valence-corrected chi connectivity index (χ2v) is 7.78. The van der Waals surface area contributed by atoms with E-state index in [0.29, 0.717) is 11.0 Å². The summed E-state index contributed by atoms with van der Waals surface area (Å²) in [7, 11) is -2.41. The number of hydrogen-bond acceptors (Lipinski definition) is 5. The van der Waals surface area contributed by atoms with Crippen molar-refractivity contribution in [2.45, 2.75) is 25.2 Å². The molecule has 0 aliphatic rings. The number of carbonyl (C=O) groups excluding carboxylic acids is 1. The van der Waals surface area contributed by atoms with Gasteiger partial charge in [0.1, 0.15) is 4.90 Å². The summed E-state index contributed by atoms with van der Waals surface area (Å²) in [4.78, 5) is 15.2. The highest BCUT2D eigenvalue weighted by Gasteiger charge is 2.26. The fraction of sp³-hybridized carbons (Fsp3) is 0.538. The Hall–Kier alpha value is -0.990. The van der Waals surface area contributed by atoms with E-state index in [0.717, 1.165) is 0 Å². The normalized spacial score (nSPS) is 11.9. The maximum atomic E-state index is 12.6. The van der Waals surface area contributed by atoms with Crippen molar-refractivity contribution in [1.82, 2.24) is 9.29 Å². The number of aromatic nitrogens is 1. The fourth-order valence-corrected chi connectivity index (χ4v) is 3.83. The van der Waals surface area contributed by atoms with Crippen molar-refractivity contribution >= 4 is 31.9 Å². The van der Waals surface area contributed by atoms with E-state index < -0.39 is 16.0 Å². The number of rotatable bonds is 7. The van der Waals surface area contributed by atoms with Crippen LogP contribution in [0.1, 0.15) is 20.3 Å². The first kappa shape index (κ1) is 18.1. The largest absolute Gasteiger partial charge is 0.469 e. The van der Waals surface area contributed by atoms with Crippen LogP contribution in [0, 0.1) is 5.92 Å². The van der Waals surface area contributed by atoms with Gasteiger partial charge in [-0.15, -0.1) is 0 Å². The first-order valence-electron chi connectivity index (χ1n) is 6.45. The number of halogens is 1. The molecule has 21 heavy (non-hydrogen) atoms. The number of methoxy groups -OCH3 is 1. The fourth-order valence-electron chi connectivity index (χ4n) is 1.72. The van der Waals surface area contributed by atoms with Gasteiger partial charge in [0.25, 0.3) is 0 Å². The van der Waals surface area contributed by atoms with Crippen molar-refractivity contribution in [2.24, 2.45) is 5.92 Å². The summed E-state index contributed by atoms with van der Waals surface area (Å²) in [6.45, 7) is 4.24. The number of sulfonamides is 1. The molecule has 0 unspecified atom stereocenters. The summed E-state index contributed by atoms with van der Waals surface area (Å²) in [6, 6.07) is 1.49. The number of carbonyl (C=O) groups is 1. The Balaban J connectivity index is 3.02. The monoisotopic (exact) mass is 378 g/mol. The molecule has 0 saturated carbocycles. The molecule has 0 aromatic carbocycles. The third-order valence-electron chi connectivity index (χ3n) is 2.68. The Kier molecular flexibility index (Phi) is 6.76. The van der Waals surface area contributed by atoms with Crippen molar-refractivity contribution < 1.29 is 17.9 Å². The van der Waals surface area contributed by atoms with Gasteiger partial charge >= 0.3 is 5.97 Å². The molecule has 118 valence electrons. The molecule has 1 heterocycles. The summed E-state index contributed by atoms with van der Waals surface area (Å²) in [5.74, 6) is -0.302. The van der Waals surface area contributed by atoms with E-state index in [4.69, 9.17) is 0 Å². The van der Waals surface area contributed by atoms with Gasteiger partial charge in [0.2, 0.25) is 10.0 Å². The molecular formula is C13H19BrN2O4S. The van der Waals surface area contributed by atoms with Gasteiger partial charge in [-0.25, -0.2) is 8.42 Å². The van der Waals surface area contributed by atoms with Gasteiger partial charge in [-0.2, -0.15) is 4.31 Å². The highest BCUT2D eigenvalue weighted by atomic mass is 79.9. The lowest BCUT2D eigenvalue weighted by molar-refractivity contribution is -0.140. The summed E-state index contributed by atoms with van der Waals surface area (Å²) < 4.78 is 31.7. The minimum atomic E-state index is -3.69. The molecule has 0 saturated heterocycles. The molecule has 1 aromatic rings. The first-order chi connectivity index (χ1) is 9.77. The first-order valence-corrected chi connectivity index (χ1v) is 8.68. The van der Waals surface area contributed by atoms with Crippen LogP contribution in [0.15, 0.2) is 27.8 Å². The van der Waals surface area contributed by atoms with Gasteiger partial charge in [-0.3, -0.25) is 9.78 Å². The molecule has 0 bridgehead atoms. The summed E-state index contributed by atoms with van der Waals surface area (Å²) in [5, 5.41) is 0. The van der Waals surface area contributed by atoms with Crippen molar-refractivity contribution in [2.75, 3.05) is 20.2 Å². The number of esters is 1. The van der Waals surface area contributed by atoms with Crippen molar-refractivity contribution in [3.05, 3.63) is 22.9 Å². The van der Waals surface area contributed by atoms with Crippen molar-refractivity contribution in [3.63, 3.8) is 0 Å². The molecule has 0 aliphatic carbocycles. The van der Waals surface area contributed by atoms with E-state index in [9.17, 15) is 13.2 Å². The quantitative estimate of drug-likeness (QED) is 0.678. The minimum absolute atomic E-state index is 0.0177. The van der Waals surface area contributed by atoms with Crippen LogP contribution >= 0.6 is 15.9 Å². The highest BCUT2D eigenvalue weighted by molar-refractivity contribution is 9.10. The second-order valence-electron chi connectivity index (χ2n) is 4.92. The number of nitrogens with zero attached hydrogens (tertiary/aromatic N) is 2. The molecular weight excluding hydrogens is 360 g/mol. The number of hydrogen-bond donors (Lipinski definition) is 0. The van der Waals surface area contributed by atoms with Crippen LogP contribution in [0.25, 0.3) is 0 Å². The molecule has 0 aliphatic heterocycles. The van der Waals surface area contributed by atoms with Crippen molar-refractivity contribution in [3.8, 4) is 0 Å². The van der Waals surface area contributed by atoms with Gasteiger partial charge in [0.05, 0.1) is 13.5 Å². The molecule has 8 heteroatoms. The SMILES string of the molecule is COC(=O)CCN(CC(C)C)S(=O)(=O)c1cncc(Br)c1.